The first kappa shape index (κ1) is 20.3. The first-order chi connectivity index (χ1) is 13.1. The van der Waals surface area contributed by atoms with Crippen LogP contribution in [0.1, 0.15) is 12.0 Å². The topological polar surface area (TPSA) is 75.6 Å². The van der Waals surface area contributed by atoms with Gasteiger partial charge in [0.1, 0.15) is 6.10 Å². The average Bonchev–Trinajstić information content (AvgIpc) is 3.11. The quantitative estimate of drug-likeness (QED) is 0.745. The van der Waals surface area contributed by atoms with Gasteiger partial charge in [0.2, 0.25) is 15.9 Å². The summed E-state index contributed by atoms with van der Waals surface area (Å²) >= 11 is 0. The van der Waals surface area contributed by atoms with E-state index in [1.54, 1.807) is 17.0 Å². The van der Waals surface area contributed by atoms with Crippen molar-refractivity contribution in [1.82, 2.24) is 14.5 Å². The standard InChI is InChI=1S/C17H19F3N4O3S/c1-23(2)15-7-8-16(22-21-15)27-13-9-10-24(11-13)28(25,26)14-5-3-12(4-6-14)17(18,19)20/h3-8,13H,9-11H2,1-2H3. The van der Waals surface area contributed by atoms with Crippen LogP contribution < -0.4 is 9.64 Å². The number of ether oxygens (including phenoxy) is 1. The van der Waals surface area contributed by atoms with Crippen LogP contribution in [0.4, 0.5) is 19.0 Å². The van der Waals surface area contributed by atoms with Crippen LogP contribution in [0.25, 0.3) is 0 Å². The molecule has 1 aromatic heterocycles. The second kappa shape index (κ2) is 7.55. The molecule has 0 spiro atoms. The van der Waals surface area contributed by atoms with Gasteiger partial charge in [0, 0.05) is 26.7 Å². The van der Waals surface area contributed by atoms with Gasteiger partial charge in [-0.2, -0.15) is 17.5 Å². The van der Waals surface area contributed by atoms with E-state index in [4.69, 9.17) is 4.74 Å². The van der Waals surface area contributed by atoms with Crippen molar-refractivity contribution >= 4 is 15.8 Å². The summed E-state index contributed by atoms with van der Waals surface area (Å²) in [7, 11) is -0.251. The fourth-order valence-electron chi connectivity index (χ4n) is 2.76. The molecule has 1 aliphatic heterocycles. The lowest BCUT2D eigenvalue weighted by atomic mass is 10.2. The molecule has 0 N–H and O–H groups in total. The summed E-state index contributed by atoms with van der Waals surface area (Å²) in [5.41, 5.74) is -0.895. The molecule has 0 amide bonds. The Morgan fingerprint density at radius 3 is 2.32 bits per heavy atom. The third-order valence-electron chi connectivity index (χ3n) is 4.30. The molecule has 2 heterocycles. The van der Waals surface area contributed by atoms with Gasteiger partial charge in [-0.15, -0.1) is 10.2 Å². The van der Waals surface area contributed by atoms with Gasteiger partial charge in [-0.3, -0.25) is 0 Å². The summed E-state index contributed by atoms with van der Waals surface area (Å²) in [6.45, 7) is 0.289. The fourth-order valence-corrected chi connectivity index (χ4v) is 4.25. The molecule has 0 saturated carbocycles. The van der Waals surface area contributed by atoms with Crippen molar-refractivity contribution in [2.24, 2.45) is 0 Å². The van der Waals surface area contributed by atoms with Crippen LogP contribution in [0.5, 0.6) is 5.88 Å². The zero-order chi connectivity index (χ0) is 20.5. The van der Waals surface area contributed by atoms with Crippen LogP contribution in [0.3, 0.4) is 0 Å². The lowest BCUT2D eigenvalue weighted by molar-refractivity contribution is -0.137. The van der Waals surface area contributed by atoms with E-state index < -0.39 is 27.9 Å². The predicted molar refractivity (Wildman–Crippen MR) is 95.6 cm³/mol. The highest BCUT2D eigenvalue weighted by Gasteiger charge is 2.35. The molecule has 0 aliphatic carbocycles. The number of nitrogens with zero attached hydrogens (tertiary/aromatic N) is 4. The predicted octanol–water partition coefficient (Wildman–Crippen LogP) is 2.40. The average molecular weight is 416 g/mol. The zero-order valence-electron chi connectivity index (χ0n) is 15.2. The molecule has 1 aliphatic rings. The summed E-state index contributed by atoms with van der Waals surface area (Å²) < 4.78 is 70.2. The first-order valence-electron chi connectivity index (χ1n) is 8.42. The van der Waals surface area contributed by atoms with Crippen molar-refractivity contribution in [1.29, 1.82) is 0 Å². The minimum Gasteiger partial charge on any atom is -0.472 e. The van der Waals surface area contributed by atoms with E-state index in [-0.39, 0.29) is 23.9 Å². The fraction of sp³-hybridized carbons (Fsp3) is 0.412. The summed E-state index contributed by atoms with van der Waals surface area (Å²) in [4.78, 5) is 1.60. The minimum absolute atomic E-state index is 0.0838. The SMILES string of the molecule is CN(C)c1ccc(OC2CCN(S(=O)(=O)c3ccc(C(F)(F)F)cc3)C2)nn1. The second-order valence-corrected chi connectivity index (χ2v) is 8.48. The molecular weight excluding hydrogens is 397 g/mol. The zero-order valence-corrected chi connectivity index (χ0v) is 16.0. The number of sulfonamides is 1. The van der Waals surface area contributed by atoms with E-state index in [0.717, 1.165) is 24.3 Å². The van der Waals surface area contributed by atoms with E-state index in [1.807, 2.05) is 14.1 Å². The van der Waals surface area contributed by atoms with Crippen molar-refractivity contribution in [3.8, 4) is 5.88 Å². The Balaban J connectivity index is 1.66. The second-order valence-electron chi connectivity index (χ2n) is 6.54. The summed E-state index contributed by atoms with van der Waals surface area (Å²) in [6.07, 6.45) is -4.49. The Morgan fingerprint density at radius 1 is 1.11 bits per heavy atom. The molecule has 0 bridgehead atoms. The maximum absolute atomic E-state index is 12.7. The molecule has 152 valence electrons. The van der Waals surface area contributed by atoms with E-state index >= 15 is 0 Å². The maximum Gasteiger partial charge on any atom is 0.416 e. The van der Waals surface area contributed by atoms with E-state index in [1.165, 1.54) is 4.31 Å². The lowest BCUT2D eigenvalue weighted by Gasteiger charge is -2.17. The van der Waals surface area contributed by atoms with Gasteiger partial charge in [0.15, 0.2) is 5.82 Å². The van der Waals surface area contributed by atoms with E-state index in [2.05, 4.69) is 10.2 Å². The lowest BCUT2D eigenvalue weighted by Crippen LogP contribution is -2.31. The molecule has 28 heavy (non-hydrogen) atoms. The summed E-state index contributed by atoms with van der Waals surface area (Å²) in [6, 6.07) is 6.84. The van der Waals surface area contributed by atoms with E-state index in [9.17, 15) is 21.6 Å². The Hall–Kier alpha value is -2.40. The highest BCUT2D eigenvalue weighted by atomic mass is 32.2. The summed E-state index contributed by atoms with van der Waals surface area (Å²) in [5.74, 6) is 0.939. The number of rotatable bonds is 5. The molecule has 2 aromatic rings. The number of anilines is 1. The minimum atomic E-state index is -4.52. The molecule has 1 aromatic carbocycles. The smallest absolute Gasteiger partial charge is 0.416 e. The highest BCUT2D eigenvalue weighted by Crippen LogP contribution is 2.31. The highest BCUT2D eigenvalue weighted by molar-refractivity contribution is 7.89. The first-order valence-corrected chi connectivity index (χ1v) is 9.86. The van der Waals surface area contributed by atoms with Crippen LogP contribution >= 0.6 is 0 Å². The number of alkyl halides is 3. The normalized spacial score (nSPS) is 18.2. The third kappa shape index (κ3) is 4.36. The molecule has 0 radical (unpaired) electrons. The van der Waals surface area contributed by atoms with Crippen LogP contribution in [0, 0.1) is 0 Å². The van der Waals surface area contributed by atoms with Gasteiger partial charge in [-0.1, -0.05) is 0 Å². The monoisotopic (exact) mass is 416 g/mol. The van der Waals surface area contributed by atoms with Crippen LogP contribution in [-0.4, -0.2) is 56.2 Å². The van der Waals surface area contributed by atoms with Gasteiger partial charge in [-0.25, -0.2) is 8.42 Å². The van der Waals surface area contributed by atoms with Crippen molar-refractivity contribution in [2.45, 2.75) is 23.6 Å². The molecule has 7 nitrogen and oxygen atoms in total. The number of halogens is 3. The Morgan fingerprint density at radius 2 is 1.79 bits per heavy atom. The molecule has 3 rings (SSSR count). The van der Waals surface area contributed by atoms with Crippen molar-refractivity contribution in [3.05, 3.63) is 42.0 Å². The van der Waals surface area contributed by atoms with Gasteiger partial charge in [0.25, 0.3) is 0 Å². The molecule has 1 atom stereocenters. The van der Waals surface area contributed by atoms with Gasteiger partial charge >= 0.3 is 6.18 Å². The molecule has 11 heteroatoms. The van der Waals surface area contributed by atoms with Crippen molar-refractivity contribution in [2.75, 3.05) is 32.1 Å². The maximum atomic E-state index is 12.7. The number of benzene rings is 1. The Bertz CT molecular complexity index is 916. The van der Waals surface area contributed by atoms with E-state index in [0.29, 0.717) is 12.2 Å². The van der Waals surface area contributed by atoms with Gasteiger partial charge in [0.05, 0.1) is 17.0 Å². The van der Waals surface area contributed by atoms with Crippen molar-refractivity contribution in [3.63, 3.8) is 0 Å². The van der Waals surface area contributed by atoms with Gasteiger partial charge in [-0.05, 0) is 36.8 Å². The molecule has 1 unspecified atom stereocenters. The van der Waals surface area contributed by atoms with Crippen LogP contribution in [0.2, 0.25) is 0 Å². The van der Waals surface area contributed by atoms with Crippen LogP contribution in [-0.2, 0) is 16.2 Å². The van der Waals surface area contributed by atoms with Gasteiger partial charge < -0.3 is 9.64 Å². The largest absolute Gasteiger partial charge is 0.472 e. The third-order valence-corrected chi connectivity index (χ3v) is 6.18. The van der Waals surface area contributed by atoms with Crippen LogP contribution in [0.15, 0.2) is 41.3 Å². The molecule has 1 saturated heterocycles. The number of hydrogen-bond acceptors (Lipinski definition) is 6. The summed E-state index contributed by atoms with van der Waals surface area (Å²) in [5, 5.41) is 7.94. The van der Waals surface area contributed by atoms with Crippen molar-refractivity contribution < 1.29 is 26.3 Å². The molecular formula is C17H19F3N4O3S. The Kier molecular flexibility index (Phi) is 5.48. The Labute approximate surface area is 160 Å². The number of aromatic nitrogens is 2. The molecule has 1 fully saturated rings. The number of hydrogen-bond donors (Lipinski definition) is 0.